The molecule has 5 nitrogen and oxygen atoms in total. The van der Waals surface area contributed by atoms with E-state index in [9.17, 15) is 4.79 Å². The zero-order chi connectivity index (χ0) is 12.4. The van der Waals surface area contributed by atoms with Crippen LogP contribution in [-0.2, 0) is 4.74 Å². The number of rotatable bonds is 3. The van der Waals surface area contributed by atoms with Gasteiger partial charge in [-0.05, 0) is 25.1 Å². The Labute approximate surface area is 98.1 Å². The van der Waals surface area contributed by atoms with Crippen LogP contribution in [0, 0.1) is 0 Å². The van der Waals surface area contributed by atoms with Crippen LogP contribution in [0.25, 0.3) is 11.0 Å². The molecule has 90 valence electrons. The van der Waals surface area contributed by atoms with Crippen LogP contribution in [-0.4, -0.2) is 19.7 Å². The molecule has 17 heavy (non-hydrogen) atoms. The van der Waals surface area contributed by atoms with Crippen LogP contribution in [0.3, 0.4) is 0 Å². The molecule has 2 aromatic rings. The van der Waals surface area contributed by atoms with Crippen LogP contribution >= 0.6 is 0 Å². The summed E-state index contributed by atoms with van der Waals surface area (Å²) in [6.07, 6.45) is 0. The topological polar surface area (TPSA) is 74.7 Å². The van der Waals surface area contributed by atoms with Gasteiger partial charge in [-0.15, -0.1) is 0 Å². The number of ether oxygens (including phenoxy) is 2. The lowest BCUT2D eigenvalue weighted by molar-refractivity contribution is 0.0561. The second-order valence-electron chi connectivity index (χ2n) is 3.44. The van der Waals surface area contributed by atoms with Crippen LogP contribution in [0.15, 0.2) is 22.6 Å². The number of esters is 1. The Hall–Kier alpha value is -2.17. The molecule has 0 unspecified atom stereocenters. The summed E-state index contributed by atoms with van der Waals surface area (Å²) in [5.41, 5.74) is 6.82. The number of fused-ring (bicyclic) bond motifs is 1. The summed E-state index contributed by atoms with van der Waals surface area (Å²) in [6.45, 7) is 2.25. The molecule has 2 rings (SSSR count). The molecular weight excluding hydrogens is 222 g/mol. The average Bonchev–Trinajstić information content (AvgIpc) is 2.67. The second-order valence-corrected chi connectivity index (χ2v) is 3.44. The fourth-order valence-electron chi connectivity index (χ4n) is 1.61. The summed E-state index contributed by atoms with van der Waals surface area (Å²) in [7, 11) is 1.29. The van der Waals surface area contributed by atoms with Crippen molar-refractivity contribution in [3.8, 4) is 5.75 Å². The van der Waals surface area contributed by atoms with E-state index in [1.807, 2.05) is 6.92 Å². The first-order valence-corrected chi connectivity index (χ1v) is 5.20. The summed E-state index contributed by atoms with van der Waals surface area (Å²) >= 11 is 0. The quantitative estimate of drug-likeness (QED) is 0.652. The van der Waals surface area contributed by atoms with Crippen molar-refractivity contribution < 1.29 is 18.7 Å². The highest BCUT2D eigenvalue weighted by molar-refractivity contribution is 5.99. The minimum absolute atomic E-state index is 0.0648. The van der Waals surface area contributed by atoms with Gasteiger partial charge in [0, 0.05) is 5.69 Å². The lowest BCUT2D eigenvalue weighted by Crippen LogP contribution is -2.03. The number of benzene rings is 1. The Bertz CT molecular complexity index is 559. The Morgan fingerprint density at radius 3 is 2.88 bits per heavy atom. The van der Waals surface area contributed by atoms with E-state index in [1.54, 1.807) is 18.2 Å². The molecule has 1 aromatic carbocycles. The predicted molar refractivity (Wildman–Crippen MR) is 63.1 cm³/mol. The summed E-state index contributed by atoms with van der Waals surface area (Å²) in [4.78, 5) is 11.5. The number of anilines is 1. The van der Waals surface area contributed by atoms with E-state index in [0.29, 0.717) is 29.0 Å². The molecule has 2 N–H and O–H groups in total. The van der Waals surface area contributed by atoms with Gasteiger partial charge in [-0.3, -0.25) is 0 Å². The van der Waals surface area contributed by atoms with Crippen LogP contribution in [0.1, 0.15) is 17.5 Å². The smallest absolute Gasteiger partial charge is 0.377 e. The van der Waals surface area contributed by atoms with Crippen LogP contribution in [0.5, 0.6) is 5.75 Å². The van der Waals surface area contributed by atoms with Crippen molar-refractivity contribution in [2.45, 2.75) is 6.92 Å². The highest BCUT2D eigenvalue weighted by Gasteiger charge is 2.22. The number of methoxy groups -OCH3 is 1. The first-order valence-electron chi connectivity index (χ1n) is 5.20. The van der Waals surface area contributed by atoms with E-state index < -0.39 is 5.97 Å². The number of carbonyl (C=O) groups excluding carboxylic acids is 1. The van der Waals surface area contributed by atoms with E-state index in [2.05, 4.69) is 4.74 Å². The van der Waals surface area contributed by atoms with E-state index in [0.717, 1.165) is 0 Å². The molecule has 0 atom stereocenters. The zero-order valence-electron chi connectivity index (χ0n) is 9.65. The summed E-state index contributed by atoms with van der Waals surface area (Å²) in [6, 6.07) is 5.10. The van der Waals surface area contributed by atoms with E-state index in [4.69, 9.17) is 14.9 Å². The third-order valence-electron chi connectivity index (χ3n) is 2.33. The van der Waals surface area contributed by atoms with Crippen molar-refractivity contribution in [3.63, 3.8) is 0 Å². The molecule has 1 heterocycles. The SMILES string of the molecule is CCOc1c(C(=O)OC)oc2ccc(N)cc12. The molecule has 0 aliphatic heterocycles. The van der Waals surface area contributed by atoms with Crippen molar-refractivity contribution in [1.29, 1.82) is 0 Å². The summed E-state index contributed by atoms with van der Waals surface area (Å²) in [5, 5.41) is 0.673. The summed E-state index contributed by atoms with van der Waals surface area (Å²) in [5.74, 6) is -0.125. The molecule has 0 amide bonds. The third-order valence-corrected chi connectivity index (χ3v) is 2.33. The molecule has 0 aliphatic rings. The van der Waals surface area contributed by atoms with Gasteiger partial charge in [0.2, 0.25) is 0 Å². The third kappa shape index (κ3) is 1.91. The first-order chi connectivity index (χ1) is 8.17. The fourth-order valence-corrected chi connectivity index (χ4v) is 1.61. The number of furan rings is 1. The molecule has 0 spiro atoms. The normalized spacial score (nSPS) is 10.5. The fraction of sp³-hybridized carbons (Fsp3) is 0.250. The standard InChI is InChI=1S/C12H13NO4/c1-3-16-10-8-6-7(13)4-5-9(8)17-11(10)12(14)15-2/h4-6H,3,13H2,1-2H3. The number of nitrogen functional groups attached to an aromatic ring is 1. The van der Waals surface area contributed by atoms with Crippen molar-refractivity contribution in [2.75, 3.05) is 19.5 Å². The van der Waals surface area contributed by atoms with E-state index >= 15 is 0 Å². The van der Waals surface area contributed by atoms with Crippen LogP contribution < -0.4 is 10.5 Å². The van der Waals surface area contributed by atoms with E-state index in [-0.39, 0.29) is 5.76 Å². The lowest BCUT2D eigenvalue weighted by atomic mass is 10.2. The largest absolute Gasteiger partial charge is 0.489 e. The molecule has 0 saturated carbocycles. The van der Waals surface area contributed by atoms with Gasteiger partial charge in [-0.2, -0.15) is 0 Å². The molecule has 0 aliphatic carbocycles. The van der Waals surface area contributed by atoms with Crippen LogP contribution in [0.2, 0.25) is 0 Å². The highest BCUT2D eigenvalue weighted by Crippen LogP contribution is 2.34. The van der Waals surface area contributed by atoms with Gasteiger partial charge in [0.05, 0.1) is 19.1 Å². The molecule has 5 heteroatoms. The first kappa shape index (κ1) is 11.3. The molecule has 0 radical (unpaired) electrons. The van der Waals surface area contributed by atoms with Crippen molar-refractivity contribution in [2.24, 2.45) is 0 Å². The maximum atomic E-state index is 11.5. The molecule has 0 bridgehead atoms. The van der Waals surface area contributed by atoms with E-state index in [1.165, 1.54) is 7.11 Å². The monoisotopic (exact) mass is 235 g/mol. The number of hydrogen-bond acceptors (Lipinski definition) is 5. The minimum Gasteiger partial charge on any atom is -0.489 e. The van der Waals surface area contributed by atoms with Gasteiger partial charge < -0.3 is 19.6 Å². The second kappa shape index (κ2) is 4.37. The van der Waals surface area contributed by atoms with Gasteiger partial charge in [0.1, 0.15) is 5.58 Å². The van der Waals surface area contributed by atoms with Crippen LogP contribution in [0.4, 0.5) is 5.69 Å². The van der Waals surface area contributed by atoms with Gasteiger partial charge in [-0.1, -0.05) is 0 Å². The minimum atomic E-state index is -0.566. The zero-order valence-corrected chi connectivity index (χ0v) is 9.65. The molecule has 0 saturated heterocycles. The van der Waals surface area contributed by atoms with Crippen molar-refractivity contribution >= 4 is 22.6 Å². The number of hydrogen-bond donors (Lipinski definition) is 1. The Morgan fingerprint density at radius 1 is 1.47 bits per heavy atom. The van der Waals surface area contributed by atoms with Crippen molar-refractivity contribution in [3.05, 3.63) is 24.0 Å². The van der Waals surface area contributed by atoms with Gasteiger partial charge >= 0.3 is 5.97 Å². The Morgan fingerprint density at radius 2 is 2.24 bits per heavy atom. The predicted octanol–water partition coefficient (Wildman–Crippen LogP) is 2.20. The Balaban J connectivity index is 2.66. The molecule has 1 aromatic heterocycles. The Kier molecular flexibility index (Phi) is 2.91. The maximum absolute atomic E-state index is 11.5. The number of nitrogens with two attached hydrogens (primary N) is 1. The molecular formula is C12H13NO4. The highest BCUT2D eigenvalue weighted by atomic mass is 16.5. The lowest BCUT2D eigenvalue weighted by Gasteiger charge is -2.02. The van der Waals surface area contributed by atoms with Crippen molar-refractivity contribution in [1.82, 2.24) is 0 Å². The summed E-state index contributed by atoms with van der Waals surface area (Å²) < 4.78 is 15.5. The number of carbonyl (C=O) groups is 1. The average molecular weight is 235 g/mol. The molecule has 0 fully saturated rings. The maximum Gasteiger partial charge on any atom is 0.377 e. The van der Waals surface area contributed by atoms with Gasteiger partial charge in [0.25, 0.3) is 5.76 Å². The van der Waals surface area contributed by atoms with Gasteiger partial charge in [-0.25, -0.2) is 4.79 Å². The van der Waals surface area contributed by atoms with Gasteiger partial charge in [0.15, 0.2) is 5.75 Å².